The number of carbonyl (C=O) groups excluding carboxylic acids is 1. The van der Waals surface area contributed by atoms with E-state index in [9.17, 15) is 4.79 Å². The molecule has 1 aliphatic heterocycles. The van der Waals surface area contributed by atoms with Gasteiger partial charge in [-0.1, -0.05) is 12.1 Å². The molecular weight excluding hydrogens is 318 g/mol. The van der Waals surface area contributed by atoms with Crippen LogP contribution in [0.2, 0.25) is 0 Å². The number of fused-ring (bicyclic) bond motifs is 1. The molecule has 0 spiro atoms. The van der Waals surface area contributed by atoms with Gasteiger partial charge in [0.1, 0.15) is 0 Å². The van der Waals surface area contributed by atoms with Crippen molar-refractivity contribution >= 4 is 27.5 Å². The molecule has 2 N–H and O–H groups in total. The third-order valence-corrected chi connectivity index (χ3v) is 4.04. The molecule has 102 valence electrons. The summed E-state index contributed by atoms with van der Waals surface area (Å²) in [6.07, 6.45) is 4.21. The highest BCUT2D eigenvalue weighted by Crippen LogP contribution is 2.23. The Balaban J connectivity index is 1.90. The zero-order valence-electron chi connectivity index (χ0n) is 10.8. The summed E-state index contributed by atoms with van der Waals surface area (Å²) in [6, 6.07) is 7.66. The number of aromatic nitrogens is 1. The number of hydrogen-bond donors (Lipinski definition) is 2. The van der Waals surface area contributed by atoms with Crippen LogP contribution >= 0.6 is 15.9 Å². The number of carbonyl (C=O) groups is 1. The predicted molar refractivity (Wildman–Crippen MR) is 81.7 cm³/mol. The molecule has 0 atom stereocenters. The highest BCUT2D eigenvalue weighted by atomic mass is 79.9. The smallest absolute Gasteiger partial charge is 0.255 e. The van der Waals surface area contributed by atoms with Crippen molar-refractivity contribution in [1.82, 2.24) is 10.3 Å². The lowest BCUT2D eigenvalue weighted by Crippen LogP contribution is -2.26. The van der Waals surface area contributed by atoms with Crippen LogP contribution in [0.4, 0.5) is 5.69 Å². The number of amides is 1. The fraction of sp³-hybridized carbons (Fsp3) is 0.200. The van der Waals surface area contributed by atoms with Crippen LogP contribution < -0.4 is 10.6 Å². The molecule has 0 aliphatic carbocycles. The minimum absolute atomic E-state index is 0.0735. The van der Waals surface area contributed by atoms with E-state index >= 15 is 0 Å². The minimum Gasteiger partial charge on any atom is -0.321 e. The van der Waals surface area contributed by atoms with E-state index in [1.807, 2.05) is 12.1 Å². The molecule has 2 heterocycles. The van der Waals surface area contributed by atoms with Crippen LogP contribution in [0.25, 0.3) is 0 Å². The van der Waals surface area contributed by atoms with Crippen LogP contribution in [-0.2, 0) is 13.0 Å². The van der Waals surface area contributed by atoms with E-state index in [-0.39, 0.29) is 5.91 Å². The lowest BCUT2D eigenvalue weighted by atomic mass is 9.95. The zero-order valence-corrected chi connectivity index (χ0v) is 12.4. The maximum Gasteiger partial charge on any atom is 0.255 e. The summed E-state index contributed by atoms with van der Waals surface area (Å²) in [4.78, 5) is 16.5. The Morgan fingerprint density at radius 1 is 1.35 bits per heavy atom. The summed E-state index contributed by atoms with van der Waals surface area (Å²) in [5.41, 5.74) is 3.84. The monoisotopic (exact) mass is 331 g/mol. The Kier molecular flexibility index (Phi) is 3.80. The van der Waals surface area contributed by atoms with Crippen molar-refractivity contribution in [2.24, 2.45) is 0 Å². The average Bonchev–Trinajstić information content (AvgIpc) is 2.49. The average molecular weight is 332 g/mol. The van der Waals surface area contributed by atoms with E-state index in [4.69, 9.17) is 0 Å². The largest absolute Gasteiger partial charge is 0.321 e. The van der Waals surface area contributed by atoms with Gasteiger partial charge < -0.3 is 10.6 Å². The normalized spacial score (nSPS) is 13.7. The van der Waals surface area contributed by atoms with E-state index in [2.05, 4.69) is 37.6 Å². The predicted octanol–water partition coefficient (Wildman–Crippen LogP) is 2.74. The number of rotatable bonds is 2. The molecule has 0 unspecified atom stereocenters. The van der Waals surface area contributed by atoms with Gasteiger partial charge in [0.05, 0.1) is 10.2 Å². The summed E-state index contributed by atoms with van der Waals surface area (Å²) in [6.45, 7) is 1.74. The van der Waals surface area contributed by atoms with E-state index in [1.165, 1.54) is 5.56 Å². The molecule has 0 saturated carbocycles. The number of anilines is 1. The number of halogens is 1. The zero-order chi connectivity index (χ0) is 13.9. The molecule has 1 aromatic carbocycles. The second kappa shape index (κ2) is 5.73. The van der Waals surface area contributed by atoms with Gasteiger partial charge >= 0.3 is 0 Å². The van der Waals surface area contributed by atoms with Crippen LogP contribution in [0.3, 0.4) is 0 Å². The summed E-state index contributed by atoms with van der Waals surface area (Å²) in [7, 11) is 0. The highest BCUT2D eigenvalue weighted by molar-refractivity contribution is 9.10. The second-order valence-corrected chi connectivity index (χ2v) is 5.53. The summed E-state index contributed by atoms with van der Waals surface area (Å²) in [5.74, 6) is -0.0735. The SMILES string of the molecule is O=C(Nc1ccncc1Br)c1cccc2c1CCNC2. The van der Waals surface area contributed by atoms with Crippen molar-refractivity contribution < 1.29 is 4.79 Å². The third-order valence-electron chi connectivity index (χ3n) is 3.41. The lowest BCUT2D eigenvalue weighted by Gasteiger charge is -2.20. The van der Waals surface area contributed by atoms with E-state index in [0.29, 0.717) is 0 Å². The molecular formula is C15H14BrN3O. The van der Waals surface area contributed by atoms with Crippen LogP contribution in [0.1, 0.15) is 21.5 Å². The quantitative estimate of drug-likeness (QED) is 0.889. The molecule has 3 rings (SSSR count). The maximum absolute atomic E-state index is 12.5. The van der Waals surface area contributed by atoms with Crippen LogP contribution in [0, 0.1) is 0 Å². The van der Waals surface area contributed by atoms with E-state index in [1.54, 1.807) is 18.5 Å². The first-order valence-electron chi connectivity index (χ1n) is 6.48. The highest BCUT2D eigenvalue weighted by Gasteiger charge is 2.17. The fourth-order valence-corrected chi connectivity index (χ4v) is 2.76. The molecule has 1 aromatic heterocycles. The van der Waals surface area contributed by atoms with Gasteiger partial charge in [-0.15, -0.1) is 0 Å². The summed E-state index contributed by atoms with van der Waals surface area (Å²) < 4.78 is 0.778. The number of nitrogens with one attached hydrogen (secondary N) is 2. The van der Waals surface area contributed by atoms with Gasteiger partial charge in [0.25, 0.3) is 5.91 Å². The van der Waals surface area contributed by atoms with Crippen LogP contribution in [-0.4, -0.2) is 17.4 Å². The molecule has 0 bridgehead atoms. The molecule has 0 radical (unpaired) electrons. The van der Waals surface area contributed by atoms with Crippen molar-refractivity contribution in [1.29, 1.82) is 0 Å². The Morgan fingerprint density at radius 3 is 3.10 bits per heavy atom. The summed E-state index contributed by atoms with van der Waals surface area (Å²) >= 11 is 3.38. The van der Waals surface area contributed by atoms with E-state index < -0.39 is 0 Å². The molecule has 5 heteroatoms. The van der Waals surface area contributed by atoms with Gasteiger partial charge in [0.2, 0.25) is 0 Å². The maximum atomic E-state index is 12.5. The van der Waals surface area contributed by atoms with Gasteiger partial charge in [-0.05, 0) is 52.2 Å². The second-order valence-electron chi connectivity index (χ2n) is 4.68. The first-order chi connectivity index (χ1) is 9.75. The van der Waals surface area contributed by atoms with Crippen molar-refractivity contribution in [2.45, 2.75) is 13.0 Å². The molecule has 0 fully saturated rings. The van der Waals surface area contributed by atoms with Gasteiger partial charge in [-0.2, -0.15) is 0 Å². The number of nitrogens with zero attached hydrogens (tertiary/aromatic N) is 1. The first kappa shape index (κ1) is 13.3. The van der Waals surface area contributed by atoms with Gasteiger partial charge in [0.15, 0.2) is 0 Å². The van der Waals surface area contributed by atoms with Crippen molar-refractivity contribution in [3.8, 4) is 0 Å². The van der Waals surface area contributed by atoms with Crippen LogP contribution in [0.15, 0.2) is 41.1 Å². The fourth-order valence-electron chi connectivity index (χ4n) is 2.41. The van der Waals surface area contributed by atoms with Gasteiger partial charge in [0, 0.05) is 24.5 Å². The molecule has 1 amide bonds. The number of hydrogen-bond acceptors (Lipinski definition) is 3. The van der Waals surface area contributed by atoms with Crippen molar-refractivity contribution in [3.05, 3.63) is 57.8 Å². The molecule has 2 aromatic rings. The Bertz CT molecular complexity index is 657. The van der Waals surface area contributed by atoms with Crippen molar-refractivity contribution in [2.75, 3.05) is 11.9 Å². The molecule has 0 saturated heterocycles. The molecule has 1 aliphatic rings. The Morgan fingerprint density at radius 2 is 2.25 bits per heavy atom. The molecule has 20 heavy (non-hydrogen) atoms. The number of benzene rings is 1. The molecule has 4 nitrogen and oxygen atoms in total. The van der Waals surface area contributed by atoms with Crippen LogP contribution in [0.5, 0.6) is 0 Å². The number of pyridine rings is 1. The van der Waals surface area contributed by atoms with Crippen molar-refractivity contribution in [3.63, 3.8) is 0 Å². The van der Waals surface area contributed by atoms with Gasteiger partial charge in [-0.3, -0.25) is 9.78 Å². The minimum atomic E-state index is -0.0735. The third kappa shape index (κ3) is 2.59. The topological polar surface area (TPSA) is 54.0 Å². The van der Waals surface area contributed by atoms with Gasteiger partial charge in [-0.25, -0.2) is 0 Å². The standard InChI is InChI=1S/C15H14BrN3O/c16-13-9-18-7-5-14(13)19-15(20)12-3-1-2-10-8-17-6-4-11(10)12/h1-3,5,7,9,17H,4,6,8H2,(H,18,19,20). The Labute approximate surface area is 125 Å². The lowest BCUT2D eigenvalue weighted by molar-refractivity contribution is 0.102. The Hall–Kier alpha value is -1.72. The van der Waals surface area contributed by atoms with E-state index in [0.717, 1.165) is 40.8 Å². The first-order valence-corrected chi connectivity index (χ1v) is 7.27. The summed E-state index contributed by atoms with van der Waals surface area (Å²) in [5, 5.41) is 6.25.